The molecule has 0 fully saturated rings. The monoisotopic (exact) mass is 555 g/mol. The van der Waals surface area contributed by atoms with Gasteiger partial charge in [0, 0.05) is 25.3 Å². The van der Waals surface area contributed by atoms with Gasteiger partial charge in [-0.2, -0.15) is 5.10 Å². The summed E-state index contributed by atoms with van der Waals surface area (Å²) in [4.78, 5) is 4.31. The molecule has 1 atom stereocenters. The summed E-state index contributed by atoms with van der Waals surface area (Å²) in [5.41, 5.74) is 2.14. The minimum Gasteiger partial charge on any atom is -0.390 e. The first kappa shape index (κ1) is 25.9. The van der Waals surface area contributed by atoms with Crippen molar-refractivity contribution in [1.29, 1.82) is 0 Å². The number of rotatable bonds is 10. The van der Waals surface area contributed by atoms with E-state index in [1.165, 1.54) is 0 Å². The molecule has 2 heterocycles. The Balaban J connectivity index is 0.00000420. The van der Waals surface area contributed by atoms with E-state index in [4.69, 9.17) is 0 Å². The first-order chi connectivity index (χ1) is 13.3. The summed E-state index contributed by atoms with van der Waals surface area (Å²) < 4.78 is 26.7. The summed E-state index contributed by atoms with van der Waals surface area (Å²) >= 11 is 1.15. The number of halogens is 1. The molecule has 0 aliphatic rings. The van der Waals surface area contributed by atoms with Crippen LogP contribution in [0.25, 0.3) is 0 Å². The van der Waals surface area contributed by atoms with Crippen LogP contribution in [0.3, 0.4) is 0 Å². The fourth-order valence-corrected chi connectivity index (χ4v) is 5.17. The lowest BCUT2D eigenvalue weighted by molar-refractivity contribution is 0.206. The number of nitrogens with one attached hydrogen (secondary N) is 2. The van der Waals surface area contributed by atoms with Gasteiger partial charge in [-0.3, -0.25) is 9.67 Å². The molecule has 2 aromatic heterocycles. The standard InChI is InChI=1S/C18H29N5O3S2.HI/c1-4-19-18(20-8-6-9-23-15(3)11-14(2)22-23)21-12-16(24)13-28(25,26)17-7-5-10-27-17;/h5,7,10-11,16,24H,4,6,8-9,12-13H2,1-3H3,(H2,19,20,21);1H. The highest BCUT2D eigenvalue weighted by atomic mass is 127. The van der Waals surface area contributed by atoms with Gasteiger partial charge in [-0.05, 0) is 44.7 Å². The molecule has 8 nitrogen and oxygen atoms in total. The van der Waals surface area contributed by atoms with Gasteiger partial charge in [0.15, 0.2) is 15.8 Å². The Hall–Kier alpha value is -1.18. The zero-order valence-corrected chi connectivity index (χ0v) is 20.9. The number of aliphatic imine (C=N–C) groups is 1. The molecule has 0 bridgehead atoms. The van der Waals surface area contributed by atoms with Crippen molar-refractivity contribution in [2.24, 2.45) is 4.99 Å². The number of aliphatic hydroxyl groups is 1. The average Bonchev–Trinajstić information content (AvgIpc) is 3.26. The highest BCUT2D eigenvalue weighted by molar-refractivity contribution is 14.0. The van der Waals surface area contributed by atoms with E-state index in [-0.39, 0.29) is 40.5 Å². The van der Waals surface area contributed by atoms with Crippen LogP contribution in [0.2, 0.25) is 0 Å². The fraction of sp³-hybridized carbons (Fsp3) is 0.556. The van der Waals surface area contributed by atoms with E-state index in [9.17, 15) is 13.5 Å². The third-order valence-electron chi connectivity index (χ3n) is 3.96. The van der Waals surface area contributed by atoms with Gasteiger partial charge < -0.3 is 15.7 Å². The number of aliphatic hydroxyl groups excluding tert-OH is 1. The van der Waals surface area contributed by atoms with Crippen molar-refractivity contribution in [3.05, 3.63) is 35.0 Å². The van der Waals surface area contributed by atoms with Crippen LogP contribution in [0.5, 0.6) is 0 Å². The summed E-state index contributed by atoms with van der Waals surface area (Å²) in [5.74, 6) is 0.220. The minimum absolute atomic E-state index is 0. The van der Waals surface area contributed by atoms with Gasteiger partial charge in [0.25, 0.3) is 0 Å². The van der Waals surface area contributed by atoms with Crippen LogP contribution >= 0.6 is 35.3 Å². The lowest BCUT2D eigenvalue weighted by Gasteiger charge is -2.13. The topological polar surface area (TPSA) is 109 Å². The predicted octanol–water partition coefficient (Wildman–Crippen LogP) is 1.96. The molecule has 2 rings (SSSR count). The van der Waals surface area contributed by atoms with Crippen molar-refractivity contribution >= 4 is 51.1 Å². The van der Waals surface area contributed by atoms with E-state index in [1.54, 1.807) is 17.5 Å². The quantitative estimate of drug-likeness (QED) is 0.179. The summed E-state index contributed by atoms with van der Waals surface area (Å²) in [6.45, 7) is 8.13. The molecule has 3 N–H and O–H groups in total. The second kappa shape index (κ2) is 12.5. The second-order valence-electron chi connectivity index (χ2n) is 6.52. The number of nitrogens with zero attached hydrogens (tertiary/aromatic N) is 3. The van der Waals surface area contributed by atoms with Crippen LogP contribution in [0.4, 0.5) is 0 Å². The molecule has 11 heteroatoms. The van der Waals surface area contributed by atoms with Gasteiger partial charge in [0.2, 0.25) is 0 Å². The first-order valence-electron chi connectivity index (χ1n) is 9.29. The van der Waals surface area contributed by atoms with E-state index in [0.29, 0.717) is 19.0 Å². The number of aryl methyl sites for hydroxylation is 3. The SMILES string of the molecule is CCNC(=NCC(O)CS(=O)(=O)c1cccs1)NCCCn1nc(C)cc1C.I. The van der Waals surface area contributed by atoms with E-state index < -0.39 is 15.9 Å². The van der Waals surface area contributed by atoms with Crippen molar-refractivity contribution < 1.29 is 13.5 Å². The van der Waals surface area contributed by atoms with E-state index >= 15 is 0 Å². The van der Waals surface area contributed by atoms with Crippen molar-refractivity contribution in [2.75, 3.05) is 25.4 Å². The summed E-state index contributed by atoms with van der Waals surface area (Å²) in [6.07, 6.45) is -0.195. The maximum Gasteiger partial charge on any atom is 0.191 e. The highest BCUT2D eigenvalue weighted by Gasteiger charge is 2.20. The smallest absolute Gasteiger partial charge is 0.191 e. The summed E-state index contributed by atoms with van der Waals surface area (Å²) in [5, 5.41) is 22.5. The van der Waals surface area contributed by atoms with Crippen LogP contribution in [0, 0.1) is 13.8 Å². The van der Waals surface area contributed by atoms with E-state index in [0.717, 1.165) is 35.7 Å². The summed E-state index contributed by atoms with van der Waals surface area (Å²) in [7, 11) is -3.48. The molecular weight excluding hydrogens is 525 g/mol. The number of sulfone groups is 1. The predicted molar refractivity (Wildman–Crippen MR) is 128 cm³/mol. The number of hydrogen-bond acceptors (Lipinski definition) is 6. The highest BCUT2D eigenvalue weighted by Crippen LogP contribution is 2.18. The Labute approximate surface area is 193 Å². The Morgan fingerprint density at radius 3 is 2.72 bits per heavy atom. The molecule has 0 aliphatic carbocycles. The normalized spacial score (nSPS) is 13.0. The molecule has 0 amide bonds. The van der Waals surface area contributed by atoms with E-state index in [1.807, 2.05) is 31.5 Å². The Bertz CT molecular complexity index is 866. The zero-order valence-electron chi connectivity index (χ0n) is 17.0. The van der Waals surface area contributed by atoms with Crippen molar-refractivity contribution in [1.82, 2.24) is 20.4 Å². The van der Waals surface area contributed by atoms with Gasteiger partial charge in [0.05, 0.1) is 24.1 Å². The maximum absolute atomic E-state index is 12.2. The minimum atomic E-state index is -3.48. The Morgan fingerprint density at radius 1 is 1.38 bits per heavy atom. The number of guanidine groups is 1. The molecule has 0 saturated heterocycles. The first-order valence-corrected chi connectivity index (χ1v) is 11.8. The molecule has 0 saturated carbocycles. The zero-order chi connectivity index (χ0) is 20.6. The third kappa shape index (κ3) is 8.60. The van der Waals surface area contributed by atoms with Gasteiger partial charge >= 0.3 is 0 Å². The molecule has 29 heavy (non-hydrogen) atoms. The Morgan fingerprint density at radius 2 is 2.14 bits per heavy atom. The molecule has 2 aromatic rings. The van der Waals surface area contributed by atoms with Crippen molar-refractivity contribution in [2.45, 2.75) is 44.0 Å². The van der Waals surface area contributed by atoms with Crippen LogP contribution < -0.4 is 10.6 Å². The van der Waals surface area contributed by atoms with Crippen LogP contribution in [-0.2, 0) is 16.4 Å². The molecular formula is C18H30IN5O3S2. The number of aromatic nitrogens is 2. The van der Waals surface area contributed by atoms with Gasteiger partial charge in [-0.15, -0.1) is 35.3 Å². The molecule has 0 aliphatic heterocycles. The summed E-state index contributed by atoms with van der Waals surface area (Å²) in [6, 6.07) is 5.27. The van der Waals surface area contributed by atoms with Crippen LogP contribution in [0.1, 0.15) is 24.7 Å². The molecule has 164 valence electrons. The molecule has 0 aromatic carbocycles. The van der Waals surface area contributed by atoms with Gasteiger partial charge in [-0.1, -0.05) is 6.07 Å². The Kier molecular flexibility index (Phi) is 11.1. The number of hydrogen-bond donors (Lipinski definition) is 3. The molecule has 0 spiro atoms. The third-order valence-corrected chi connectivity index (χ3v) is 7.25. The lowest BCUT2D eigenvalue weighted by atomic mass is 10.4. The average molecular weight is 556 g/mol. The fourth-order valence-electron chi connectivity index (χ4n) is 2.70. The van der Waals surface area contributed by atoms with Crippen LogP contribution in [0.15, 0.2) is 32.8 Å². The molecule has 0 radical (unpaired) electrons. The second-order valence-corrected chi connectivity index (χ2v) is 9.73. The largest absolute Gasteiger partial charge is 0.390 e. The van der Waals surface area contributed by atoms with E-state index in [2.05, 4.69) is 20.7 Å². The number of thiophene rings is 1. The van der Waals surface area contributed by atoms with Gasteiger partial charge in [-0.25, -0.2) is 8.42 Å². The molecule has 1 unspecified atom stereocenters. The lowest BCUT2D eigenvalue weighted by Crippen LogP contribution is -2.39. The van der Waals surface area contributed by atoms with Crippen LogP contribution in [-0.4, -0.2) is 60.8 Å². The van der Waals surface area contributed by atoms with Crippen molar-refractivity contribution in [3.8, 4) is 0 Å². The van der Waals surface area contributed by atoms with Gasteiger partial charge in [0.1, 0.15) is 4.21 Å². The maximum atomic E-state index is 12.2. The van der Waals surface area contributed by atoms with Crippen molar-refractivity contribution in [3.63, 3.8) is 0 Å².